The number of rotatable bonds is 2. The second-order valence-electron chi connectivity index (χ2n) is 3.50. The standard InChI is InChI=1S/C8H18N2/c1-6(7(2)9)5-8(3,4)10/h5,7H,9-10H2,1-4H3. The van der Waals surface area contributed by atoms with Crippen molar-refractivity contribution in [1.29, 1.82) is 0 Å². The zero-order valence-corrected chi connectivity index (χ0v) is 7.31. The summed E-state index contributed by atoms with van der Waals surface area (Å²) in [6.45, 7) is 7.87. The van der Waals surface area contributed by atoms with Crippen molar-refractivity contribution in [2.24, 2.45) is 11.5 Å². The van der Waals surface area contributed by atoms with Crippen molar-refractivity contribution in [1.82, 2.24) is 0 Å². The zero-order valence-electron chi connectivity index (χ0n) is 7.31. The molecule has 0 saturated heterocycles. The number of hydrogen-bond donors (Lipinski definition) is 2. The van der Waals surface area contributed by atoms with Crippen LogP contribution in [-0.4, -0.2) is 11.6 Å². The first-order valence-corrected chi connectivity index (χ1v) is 3.57. The smallest absolute Gasteiger partial charge is 0.0284 e. The van der Waals surface area contributed by atoms with Gasteiger partial charge < -0.3 is 11.5 Å². The lowest BCUT2D eigenvalue weighted by Gasteiger charge is -2.16. The second-order valence-corrected chi connectivity index (χ2v) is 3.50. The Labute approximate surface area is 63.3 Å². The van der Waals surface area contributed by atoms with Crippen LogP contribution < -0.4 is 11.5 Å². The molecule has 0 aromatic heterocycles. The van der Waals surface area contributed by atoms with E-state index in [2.05, 4.69) is 0 Å². The second kappa shape index (κ2) is 3.17. The van der Waals surface area contributed by atoms with Gasteiger partial charge >= 0.3 is 0 Å². The van der Waals surface area contributed by atoms with Crippen molar-refractivity contribution in [2.45, 2.75) is 39.3 Å². The highest BCUT2D eigenvalue weighted by Gasteiger charge is 2.07. The maximum atomic E-state index is 5.74. The van der Waals surface area contributed by atoms with Crippen molar-refractivity contribution >= 4 is 0 Å². The van der Waals surface area contributed by atoms with Crippen molar-refractivity contribution < 1.29 is 0 Å². The molecule has 0 spiro atoms. The Morgan fingerprint density at radius 1 is 1.50 bits per heavy atom. The average molecular weight is 142 g/mol. The third-order valence-electron chi connectivity index (χ3n) is 1.32. The molecule has 0 aromatic carbocycles. The van der Waals surface area contributed by atoms with Crippen LogP contribution in [0.15, 0.2) is 11.6 Å². The van der Waals surface area contributed by atoms with E-state index in [9.17, 15) is 0 Å². The SMILES string of the molecule is CC(=CC(C)(C)N)C(C)N. The van der Waals surface area contributed by atoms with Gasteiger partial charge in [-0.15, -0.1) is 0 Å². The van der Waals surface area contributed by atoms with Crippen LogP contribution in [0, 0.1) is 0 Å². The lowest BCUT2D eigenvalue weighted by Crippen LogP contribution is -2.31. The van der Waals surface area contributed by atoms with Crippen LogP contribution in [0.1, 0.15) is 27.7 Å². The van der Waals surface area contributed by atoms with Gasteiger partial charge in [-0.1, -0.05) is 11.6 Å². The van der Waals surface area contributed by atoms with Gasteiger partial charge in [0.05, 0.1) is 0 Å². The molecule has 1 atom stereocenters. The minimum absolute atomic E-state index is 0.114. The van der Waals surface area contributed by atoms with Crippen molar-refractivity contribution in [3.05, 3.63) is 11.6 Å². The topological polar surface area (TPSA) is 52.0 Å². The first-order chi connectivity index (χ1) is 4.33. The summed E-state index contributed by atoms with van der Waals surface area (Å²) in [6.07, 6.45) is 2.00. The molecule has 4 N–H and O–H groups in total. The first-order valence-electron chi connectivity index (χ1n) is 3.57. The molecule has 0 radical (unpaired) electrons. The summed E-state index contributed by atoms with van der Waals surface area (Å²) in [7, 11) is 0. The molecule has 2 heteroatoms. The van der Waals surface area contributed by atoms with E-state index in [1.165, 1.54) is 0 Å². The van der Waals surface area contributed by atoms with Crippen LogP contribution in [0.5, 0.6) is 0 Å². The molecule has 0 saturated carbocycles. The molecule has 0 heterocycles. The van der Waals surface area contributed by atoms with Crippen LogP contribution in [0.4, 0.5) is 0 Å². The molecule has 0 rings (SSSR count). The molecule has 0 aliphatic carbocycles. The summed E-state index contributed by atoms with van der Waals surface area (Å²) in [5, 5.41) is 0. The molecule has 0 aliphatic heterocycles. The molecule has 2 nitrogen and oxygen atoms in total. The Morgan fingerprint density at radius 3 is 2.00 bits per heavy atom. The Kier molecular flexibility index (Phi) is 3.06. The fourth-order valence-corrected chi connectivity index (χ4v) is 0.718. The zero-order chi connectivity index (χ0) is 8.36. The predicted octanol–water partition coefficient (Wildman–Crippen LogP) is 1.02. The van der Waals surface area contributed by atoms with E-state index in [0.29, 0.717) is 0 Å². The van der Waals surface area contributed by atoms with Crippen molar-refractivity contribution in [3.8, 4) is 0 Å². The van der Waals surface area contributed by atoms with Gasteiger partial charge in [-0.05, 0) is 27.7 Å². The Balaban J connectivity index is 4.17. The van der Waals surface area contributed by atoms with Crippen LogP contribution in [0.3, 0.4) is 0 Å². The van der Waals surface area contributed by atoms with Crippen LogP contribution in [-0.2, 0) is 0 Å². The summed E-state index contributed by atoms with van der Waals surface area (Å²) in [6, 6.07) is 0.114. The van der Waals surface area contributed by atoms with Gasteiger partial charge in [-0.25, -0.2) is 0 Å². The highest BCUT2D eigenvalue weighted by Crippen LogP contribution is 2.06. The summed E-state index contributed by atoms with van der Waals surface area (Å²) in [4.78, 5) is 0. The third kappa shape index (κ3) is 4.53. The van der Waals surface area contributed by atoms with Crippen LogP contribution >= 0.6 is 0 Å². The molecular formula is C8H18N2. The van der Waals surface area contributed by atoms with E-state index in [1.807, 2.05) is 33.8 Å². The van der Waals surface area contributed by atoms with E-state index >= 15 is 0 Å². The molecule has 0 aliphatic rings. The molecule has 10 heavy (non-hydrogen) atoms. The van der Waals surface area contributed by atoms with Gasteiger partial charge in [0.25, 0.3) is 0 Å². The summed E-state index contributed by atoms with van der Waals surface area (Å²) >= 11 is 0. The largest absolute Gasteiger partial charge is 0.324 e. The van der Waals surface area contributed by atoms with Crippen molar-refractivity contribution in [3.63, 3.8) is 0 Å². The lowest BCUT2D eigenvalue weighted by molar-refractivity contribution is 0.640. The monoisotopic (exact) mass is 142 g/mol. The molecule has 60 valence electrons. The minimum Gasteiger partial charge on any atom is -0.324 e. The van der Waals surface area contributed by atoms with Gasteiger partial charge in [-0.2, -0.15) is 0 Å². The lowest BCUT2D eigenvalue weighted by atomic mass is 10.0. The van der Waals surface area contributed by atoms with Crippen LogP contribution in [0.2, 0.25) is 0 Å². The fraction of sp³-hybridized carbons (Fsp3) is 0.750. The minimum atomic E-state index is -0.238. The first kappa shape index (κ1) is 9.66. The molecule has 1 unspecified atom stereocenters. The maximum absolute atomic E-state index is 5.74. The summed E-state index contributed by atoms with van der Waals surface area (Å²) < 4.78 is 0. The number of nitrogens with two attached hydrogens (primary N) is 2. The van der Waals surface area contributed by atoms with E-state index < -0.39 is 0 Å². The maximum Gasteiger partial charge on any atom is 0.0284 e. The van der Waals surface area contributed by atoms with Gasteiger partial charge in [0, 0.05) is 11.6 Å². The molecule has 0 fully saturated rings. The average Bonchev–Trinajstić information content (AvgIpc) is 1.60. The highest BCUT2D eigenvalue weighted by atomic mass is 14.7. The van der Waals surface area contributed by atoms with Gasteiger partial charge in [0.1, 0.15) is 0 Å². The normalized spacial score (nSPS) is 17.2. The highest BCUT2D eigenvalue weighted by molar-refractivity contribution is 5.12. The molecule has 0 bridgehead atoms. The van der Waals surface area contributed by atoms with E-state index in [4.69, 9.17) is 11.5 Å². The molecular weight excluding hydrogens is 124 g/mol. The van der Waals surface area contributed by atoms with Crippen LogP contribution in [0.25, 0.3) is 0 Å². The summed E-state index contributed by atoms with van der Waals surface area (Å²) in [5.74, 6) is 0. The third-order valence-corrected chi connectivity index (χ3v) is 1.32. The van der Waals surface area contributed by atoms with Gasteiger partial charge in [0.15, 0.2) is 0 Å². The van der Waals surface area contributed by atoms with Gasteiger partial charge in [0.2, 0.25) is 0 Å². The Hall–Kier alpha value is -0.340. The van der Waals surface area contributed by atoms with E-state index in [-0.39, 0.29) is 11.6 Å². The van der Waals surface area contributed by atoms with E-state index in [1.54, 1.807) is 0 Å². The molecule has 0 aromatic rings. The number of hydrogen-bond acceptors (Lipinski definition) is 2. The quantitative estimate of drug-likeness (QED) is 0.565. The predicted molar refractivity (Wildman–Crippen MR) is 45.7 cm³/mol. The fourth-order valence-electron chi connectivity index (χ4n) is 0.718. The van der Waals surface area contributed by atoms with E-state index in [0.717, 1.165) is 5.57 Å². The van der Waals surface area contributed by atoms with Gasteiger partial charge in [-0.3, -0.25) is 0 Å². The van der Waals surface area contributed by atoms with Crippen molar-refractivity contribution in [2.75, 3.05) is 0 Å². The summed E-state index contributed by atoms with van der Waals surface area (Å²) in [5.41, 5.74) is 12.3. The Bertz CT molecular complexity index is 129. The Morgan fingerprint density at radius 2 is 1.90 bits per heavy atom. The molecule has 0 amide bonds.